The van der Waals surface area contributed by atoms with Gasteiger partial charge >= 0.3 is 0 Å². The average Bonchev–Trinajstić information content (AvgIpc) is 2.63. The first-order valence-electron chi connectivity index (χ1n) is 5.93. The number of carbonyl (C=O) groups excluding carboxylic acids is 1. The zero-order chi connectivity index (χ0) is 11.3. The fourth-order valence-electron chi connectivity index (χ4n) is 2.15. The van der Waals surface area contributed by atoms with Gasteiger partial charge in [-0.1, -0.05) is 26.7 Å². The Morgan fingerprint density at radius 2 is 2.07 bits per heavy atom. The monoisotopic (exact) mass is 231 g/mol. The van der Waals surface area contributed by atoms with Crippen LogP contribution in [0.2, 0.25) is 0 Å². The van der Waals surface area contributed by atoms with Gasteiger partial charge in [0.1, 0.15) is 0 Å². The second-order valence-electron chi connectivity index (χ2n) is 5.06. The van der Waals surface area contributed by atoms with E-state index in [4.69, 9.17) is 11.6 Å². The fraction of sp³-hybridized carbons (Fsp3) is 0.917. The summed E-state index contributed by atoms with van der Waals surface area (Å²) in [5, 5.41) is 3.05. The lowest BCUT2D eigenvalue weighted by Crippen LogP contribution is -2.39. The van der Waals surface area contributed by atoms with Crippen LogP contribution in [0.3, 0.4) is 0 Å². The van der Waals surface area contributed by atoms with E-state index in [0.717, 1.165) is 25.8 Å². The zero-order valence-electron chi connectivity index (χ0n) is 9.81. The standard InChI is InChI=1S/C12H22ClNO/c1-10(5-8-13)9-14-11(15)12(2)6-3-4-7-12/h10H,3-9H2,1-2H3,(H,14,15). The van der Waals surface area contributed by atoms with E-state index in [9.17, 15) is 4.79 Å². The van der Waals surface area contributed by atoms with Crippen LogP contribution in [0.1, 0.15) is 46.0 Å². The number of amides is 1. The smallest absolute Gasteiger partial charge is 0.225 e. The summed E-state index contributed by atoms with van der Waals surface area (Å²) in [6.07, 6.45) is 5.45. The Bertz CT molecular complexity index is 212. The first-order chi connectivity index (χ1) is 7.08. The van der Waals surface area contributed by atoms with E-state index in [-0.39, 0.29) is 11.3 Å². The average molecular weight is 232 g/mol. The van der Waals surface area contributed by atoms with Crippen molar-refractivity contribution in [2.45, 2.75) is 46.0 Å². The van der Waals surface area contributed by atoms with Crippen LogP contribution in [-0.2, 0) is 4.79 Å². The number of carbonyl (C=O) groups is 1. The highest BCUT2D eigenvalue weighted by atomic mass is 35.5. The molecule has 3 heteroatoms. The van der Waals surface area contributed by atoms with Crippen molar-refractivity contribution in [1.82, 2.24) is 5.32 Å². The molecule has 1 atom stereocenters. The molecule has 0 aromatic heterocycles. The van der Waals surface area contributed by atoms with Gasteiger partial charge in [-0.2, -0.15) is 0 Å². The predicted molar refractivity (Wildman–Crippen MR) is 64.1 cm³/mol. The SMILES string of the molecule is CC(CCCl)CNC(=O)C1(C)CCCC1. The van der Waals surface area contributed by atoms with Gasteiger partial charge in [-0.05, 0) is 25.2 Å². The highest BCUT2D eigenvalue weighted by Crippen LogP contribution is 2.37. The van der Waals surface area contributed by atoms with E-state index in [0.29, 0.717) is 11.8 Å². The maximum atomic E-state index is 11.9. The molecule has 0 heterocycles. The minimum absolute atomic E-state index is 0.0965. The van der Waals surface area contributed by atoms with Gasteiger partial charge in [-0.3, -0.25) is 4.79 Å². The van der Waals surface area contributed by atoms with E-state index < -0.39 is 0 Å². The molecule has 1 aliphatic rings. The number of nitrogens with one attached hydrogen (secondary N) is 1. The maximum absolute atomic E-state index is 11.9. The van der Waals surface area contributed by atoms with Crippen molar-refractivity contribution >= 4 is 17.5 Å². The van der Waals surface area contributed by atoms with Gasteiger partial charge in [0, 0.05) is 17.8 Å². The molecule has 1 aliphatic carbocycles. The van der Waals surface area contributed by atoms with Crippen molar-refractivity contribution in [3.8, 4) is 0 Å². The Balaban J connectivity index is 2.29. The lowest BCUT2D eigenvalue weighted by Gasteiger charge is -2.23. The van der Waals surface area contributed by atoms with Crippen molar-refractivity contribution in [3.63, 3.8) is 0 Å². The summed E-state index contributed by atoms with van der Waals surface area (Å²) in [5.41, 5.74) is -0.0965. The molecule has 1 unspecified atom stereocenters. The number of alkyl halides is 1. The summed E-state index contributed by atoms with van der Waals surface area (Å²) in [6, 6.07) is 0. The molecule has 1 amide bonds. The fourth-order valence-corrected chi connectivity index (χ4v) is 2.52. The minimum atomic E-state index is -0.0965. The van der Waals surface area contributed by atoms with Gasteiger partial charge < -0.3 is 5.32 Å². The number of halogens is 1. The lowest BCUT2D eigenvalue weighted by molar-refractivity contribution is -0.130. The Morgan fingerprint density at radius 3 is 2.60 bits per heavy atom. The molecular formula is C12H22ClNO. The molecule has 2 nitrogen and oxygen atoms in total. The van der Waals surface area contributed by atoms with E-state index in [1.807, 2.05) is 0 Å². The summed E-state index contributed by atoms with van der Waals surface area (Å²) < 4.78 is 0. The summed E-state index contributed by atoms with van der Waals surface area (Å²) in [4.78, 5) is 11.9. The van der Waals surface area contributed by atoms with E-state index in [2.05, 4.69) is 19.2 Å². The number of hydrogen-bond acceptors (Lipinski definition) is 1. The molecule has 1 rings (SSSR count). The van der Waals surface area contributed by atoms with Gasteiger partial charge in [0.2, 0.25) is 5.91 Å². The Kier molecular flexibility index (Phi) is 4.91. The second-order valence-corrected chi connectivity index (χ2v) is 5.44. The second kappa shape index (κ2) is 5.74. The van der Waals surface area contributed by atoms with Crippen LogP contribution in [0.25, 0.3) is 0 Å². The van der Waals surface area contributed by atoms with Crippen molar-refractivity contribution in [2.24, 2.45) is 11.3 Å². The van der Waals surface area contributed by atoms with Gasteiger partial charge in [0.05, 0.1) is 0 Å². The van der Waals surface area contributed by atoms with E-state index >= 15 is 0 Å². The van der Waals surface area contributed by atoms with Gasteiger partial charge in [0.15, 0.2) is 0 Å². The molecule has 0 aromatic rings. The highest BCUT2D eigenvalue weighted by Gasteiger charge is 2.35. The topological polar surface area (TPSA) is 29.1 Å². The lowest BCUT2D eigenvalue weighted by atomic mass is 9.87. The van der Waals surface area contributed by atoms with Crippen LogP contribution in [0.4, 0.5) is 0 Å². The normalized spacial score (nSPS) is 21.3. The first kappa shape index (κ1) is 12.8. The van der Waals surface area contributed by atoms with E-state index in [1.165, 1.54) is 12.8 Å². The Hall–Kier alpha value is -0.240. The summed E-state index contributed by atoms with van der Waals surface area (Å²) >= 11 is 5.65. The van der Waals surface area contributed by atoms with Crippen molar-refractivity contribution < 1.29 is 4.79 Å². The third-order valence-corrected chi connectivity index (χ3v) is 3.69. The van der Waals surface area contributed by atoms with Gasteiger partial charge in [-0.25, -0.2) is 0 Å². The third-order valence-electron chi connectivity index (χ3n) is 3.47. The molecule has 15 heavy (non-hydrogen) atoms. The van der Waals surface area contributed by atoms with Crippen LogP contribution in [0.5, 0.6) is 0 Å². The molecule has 0 aromatic carbocycles. The Labute approximate surface area is 97.8 Å². The van der Waals surface area contributed by atoms with Crippen molar-refractivity contribution in [2.75, 3.05) is 12.4 Å². The van der Waals surface area contributed by atoms with Crippen LogP contribution in [-0.4, -0.2) is 18.3 Å². The van der Waals surface area contributed by atoms with Crippen molar-refractivity contribution in [1.29, 1.82) is 0 Å². The molecule has 0 spiro atoms. The third kappa shape index (κ3) is 3.67. The number of rotatable bonds is 5. The molecule has 88 valence electrons. The Morgan fingerprint density at radius 1 is 1.47 bits per heavy atom. The molecule has 1 N–H and O–H groups in total. The van der Waals surface area contributed by atoms with Crippen LogP contribution in [0.15, 0.2) is 0 Å². The molecule has 0 bridgehead atoms. The highest BCUT2D eigenvalue weighted by molar-refractivity contribution is 6.17. The van der Waals surface area contributed by atoms with Crippen LogP contribution in [0, 0.1) is 11.3 Å². The summed E-state index contributed by atoms with van der Waals surface area (Å²) in [6.45, 7) is 4.97. The zero-order valence-corrected chi connectivity index (χ0v) is 10.6. The summed E-state index contributed by atoms with van der Waals surface area (Å²) in [7, 11) is 0. The van der Waals surface area contributed by atoms with Crippen LogP contribution < -0.4 is 5.32 Å². The molecule has 1 saturated carbocycles. The molecule has 1 fully saturated rings. The number of hydrogen-bond donors (Lipinski definition) is 1. The molecule has 0 saturated heterocycles. The van der Waals surface area contributed by atoms with Gasteiger partial charge in [0.25, 0.3) is 0 Å². The van der Waals surface area contributed by atoms with Gasteiger partial charge in [-0.15, -0.1) is 11.6 Å². The molecular weight excluding hydrogens is 210 g/mol. The summed E-state index contributed by atoms with van der Waals surface area (Å²) in [5.74, 6) is 1.40. The van der Waals surface area contributed by atoms with Crippen molar-refractivity contribution in [3.05, 3.63) is 0 Å². The van der Waals surface area contributed by atoms with E-state index in [1.54, 1.807) is 0 Å². The first-order valence-corrected chi connectivity index (χ1v) is 6.46. The quantitative estimate of drug-likeness (QED) is 0.725. The largest absolute Gasteiger partial charge is 0.355 e. The maximum Gasteiger partial charge on any atom is 0.225 e. The minimum Gasteiger partial charge on any atom is -0.355 e. The molecule has 0 radical (unpaired) electrons. The van der Waals surface area contributed by atoms with Crippen LogP contribution >= 0.6 is 11.6 Å². The molecule has 0 aliphatic heterocycles. The predicted octanol–water partition coefficient (Wildman–Crippen LogP) is 2.95.